The predicted octanol–water partition coefficient (Wildman–Crippen LogP) is 3.32. The zero-order valence-electron chi connectivity index (χ0n) is 15.2. The Labute approximate surface area is 160 Å². The van der Waals surface area contributed by atoms with Gasteiger partial charge in [0.05, 0.1) is 12.5 Å². The second-order valence-corrected chi connectivity index (χ2v) is 7.69. The van der Waals surface area contributed by atoms with Gasteiger partial charge in [-0.25, -0.2) is 0 Å². The summed E-state index contributed by atoms with van der Waals surface area (Å²) in [5.74, 6) is 0.512. The third kappa shape index (κ3) is 4.77. The Hall–Kier alpha value is -1.59. The van der Waals surface area contributed by atoms with Crippen molar-refractivity contribution in [2.24, 2.45) is 5.92 Å². The Kier molecular flexibility index (Phi) is 6.54. The summed E-state index contributed by atoms with van der Waals surface area (Å²) >= 11 is 5.96. The van der Waals surface area contributed by atoms with E-state index in [0.29, 0.717) is 17.0 Å². The predicted molar refractivity (Wildman–Crippen MR) is 101 cm³/mol. The number of carbonyl (C=O) groups excluding carboxylic acids is 2. The van der Waals surface area contributed by atoms with Gasteiger partial charge in [-0.2, -0.15) is 0 Å². The molecule has 142 valence electrons. The molecule has 2 heterocycles. The van der Waals surface area contributed by atoms with E-state index in [2.05, 4.69) is 5.32 Å². The highest BCUT2D eigenvalue weighted by molar-refractivity contribution is 6.30. The topological polar surface area (TPSA) is 58.6 Å². The van der Waals surface area contributed by atoms with Gasteiger partial charge in [-0.1, -0.05) is 23.7 Å². The molecule has 0 bridgehead atoms. The summed E-state index contributed by atoms with van der Waals surface area (Å²) in [4.78, 5) is 26.7. The maximum atomic E-state index is 13.0. The highest BCUT2D eigenvalue weighted by atomic mass is 35.5. The zero-order chi connectivity index (χ0) is 18.5. The largest absolute Gasteiger partial charge is 0.381 e. The minimum atomic E-state index is -0.326. The standard InChI is InChI=1S/C20H27ClN2O3/c1-14(24)22-18(15-4-6-17(21)7-5-15)13-20(25)23-10-2-3-19(23)16-8-11-26-12-9-16/h4-7,16,18-19H,2-3,8-13H2,1H3,(H,22,24). The van der Waals surface area contributed by atoms with Crippen LogP contribution in [0.5, 0.6) is 0 Å². The molecule has 2 unspecified atom stereocenters. The average molecular weight is 379 g/mol. The maximum absolute atomic E-state index is 13.0. The van der Waals surface area contributed by atoms with Crippen LogP contribution in [-0.2, 0) is 14.3 Å². The number of benzene rings is 1. The first-order chi connectivity index (χ1) is 12.5. The summed E-state index contributed by atoms with van der Waals surface area (Å²) < 4.78 is 5.47. The lowest BCUT2D eigenvalue weighted by atomic mass is 9.90. The van der Waals surface area contributed by atoms with Gasteiger partial charge in [0.2, 0.25) is 11.8 Å². The molecule has 6 heteroatoms. The second kappa shape index (κ2) is 8.87. The van der Waals surface area contributed by atoms with E-state index in [1.807, 2.05) is 17.0 Å². The molecule has 2 aliphatic heterocycles. The number of likely N-dealkylation sites (tertiary alicyclic amines) is 1. The van der Waals surface area contributed by atoms with Crippen LogP contribution in [0.4, 0.5) is 0 Å². The number of amides is 2. The minimum Gasteiger partial charge on any atom is -0.381 e. The Balaban J connectivity index is 1.69. The summed E-state index contributed by atoms with van der Waals surface area (Å²) in [7, 11) is 0. The van der Waals surface area contributed by atoms with E-state index in [-0.39, 0.29) is 24.3 Å². The van der Waals surface area contributed by atoms with Crippen molar-refractivity contribution in [2.75, 3.05) is 19.8 Å². The fourth-order valence-electron chi connectivity index (χ4n) is 4.18. The number of halogens is 1. The highest BCUT2D eigenvalue weighted by Crippen LogP contribution is 2.32. The van der Waals surface area contributed by atoms with Gasteiger partial charge in [-0.3, -0.25) is 9.59 Å². The molecule has 2 fully saturated rings. The van der Waals surface area contributed by atoms with Crippen molar-refractivity contribution in [2.45, 2.75) is 51.1 Å². The molecular weight excluding hydrogens is 352 g/mol. The molecule has 0 saturated carbocycles. The van der Waals surface area contributed by atoms with Gasteiger partial charge in [0.15, 0.2) is 0 Å². The van der Waals surface area contributed by atoms with Gasteiger partial charge in [-0.15, -0.1) is 0 Å². The van der Waals surface area contributed by atoms with E-state index < -0.39 is 0 Å². The zero-order valence-corrected chi connectivity index (χ0v) is 16.0. The van der Waals surface area contributed by atoms with Gasteiger partial charge in [0.25, 0.3) is 0 Å². The maximum Gasteiger partial charge on any atom is 0.225 e. The van der Waals surface area contributed by atoms with E-state index in [4.69, 9.17) is 16.3 Å². The fourth-order valence-corrected chi connectivity index (χ4v) is 4.30. The van der Waals surface area contributed by atoms with E-state index in [0.717, 1.165) is 51.0 Å². The normalized spacial score (nSPS) is 22.2. The molecular formula is C20H27ClN2O3. The summed E-state index contributed by atoms with van der Waals surface area (Å²) in [5, 5.41) is 3.55. The molecule has 1 aromatic carbocycles. The van der Waals surface area contributed by atoms with Crippen molar-refractivity contribution < 1.29 is 14.3 Å². The summed E-state index contributed by atoms with van der Waals surface area (Å²) in [5.41, 5.74) is 0.903. The summed E-state index contributed by atoms with van der Waals surface area (Å²) in [6.45, 7) is 3.88. The molecule has 0 aromatic heterocycles. The number of hydrogen-bond acceptors (Lipinski definition) is 3. The number of nitrogens with zero attached hydrogens (tertiary/aromatic N) is 1. The number of carbonyl (C=O) groups is 2. The van der Waals surface area contributed by atoms with Crippen LogP contribution >= 0.6 is 11.6 Å². The van der Waals surface area contributed by atoms with Gasteiger partial charge < -0.3 is 15.0 Å². The van der Waals surface area contributed by atoms with Crippen molar-refractivity contribution in [1.29, 1.82) is 0 Å². The molecule has 3 rings (SSSR count). The number of nitrogens with one attached hydrogen (secondary N) is 1. The Morgan fingerprint density at radius 2 is 1.92 bits per heavy atom. The number of rotatable bonds is 5. The quantitative estimate of drug-likeness (QED) is 0.855. The van der Waals surface area contributed by atoms with Crippen LogP contribution in [0.25, 0.3) is 0 Å². The van der Waals surface area contributed by atoms with Crippen LogP contribution in [0.1, 0.15) is 50.6 Å². The van der Waals surface area contributed by atoms with Crippen molar-refractivity contribution in [1.82, 2.24) is 10.2 Å². The third-order valence-electron chi connectivity index (χ3n) is 5.46. The van der Waals surface area contributed by atoms with Crippen molar-refractivity contribution in [3.63, 3.8) is 0 Å². The van der Waals surface area contributed by atoms with Gasteiger partial charge >= 0.3 is 0 Å². The van der Waals surface area contributed by atoms with Crippen LogP contribution < -0.4 is 5.32 Å². The van der Waals surface area contributed by atoms with E-state index in [1.54, 1.807) is 12.1 Å². The van der Waals surface area contributed by atoms with Crippen LogP contribution in [0.3, 0.4) is 0 Å². The van der Waals surface area contributed by atoms with Crippen molar-refractivity contribution >= 4 is 23.4 Å². The molecule has 2 saturated heterocycles. The first kappa shape index (κ1) is 19.2. The van der Waals surface area contributed by atoms with Crippen molar-refractivity contribution in [3.8, 4) is 0 Å². The Morgan fingerprint density at radius 3 is 2.58 bits per heavy atom. The Morgan fingerprint density at radius 1 is 1.23 bits per heavy atom. The second-order valence-electron chi connectivity index (χ2n) is 7.26. The molecule has 0 spiro atoms. The number of hydrogen-bond donors (Lipinski definition) is 1. The molecule has 2 aliphatic rings. The molecule has 2 atom stereocenters. The van der Waals surface area contributed by atoms with Crippen molar-refractivity contribution in [3.05, 3.63) is 34.9 Å². The van der Waals surface area contributed by atoms with Gasteiger partial charge in [-0.05, 0) is 49.3 Å². The SMILES string of the molecule is CC(=O)NC(CC(=O)N1CCCC1C1CCOCC1)c1ccc(Cl)cc1. The molecule has 1 N–H and O–H groups in total. The van der Waals surface area contributed by atoms with Gasteiger partial charge in [0, 0.05) is 37.7 Å². The summed E-state index contributed by atoms with van der Waals surface area (Å²) in [6.07, 6.45) is 4.46. The Bertz CT molecular complexity index is 628. The first-order valence-electron chi connectivity index (χ1n) is 9.44. The third-order valence-corrected chi connectivity index (χ3v) is 5.71. The first-order valence-corrected chi connectivity index (χ1v) is 9.82. The average Bonchev–Trinajstić information content (AvgIpc) is 3.12. The number of ether oxygens (including phenoxy) is 1. The smallest absolute Gasteiger partial charge is 0.225 e. The lowest BCUT2D eigenvalue weighted by molar-refractivity contribution is -0.134. The van der Waals surface area contributed by atoms with E-state index in [9.17, 15) is 9.59 Å². The molecule has 2 amide bonds. The molecule has 0 aliphatic carbocycles. The lowest BCUT2D eigenvalue weighted by Crippen LogP contribution is -2.43. The molecule has 1 aromatic rings. The lowest BCUT2D eigenvalue weighted by Gasteiger charge is -2.34. The van der Waals surface area contributed by atoms with Gasteiger partial charge in [0.1, 0.15) is 0 Å². The summed E-state index contributed by atoms with van der Waals surface area (Å²) in [6, 6.07) is 7.31. The van der Waals surface area contributed by atoms with Crippen LogP contribution in [0.15, 0.2) is 24.3 Å². The molecule has 5 nitrogen and oxygen atoms in total. The highest BCUT2D eigenvalue weighted by Gasteiger charge is 2.36. The van der Waals surface area contributed by atoms with Crippen LogP contribution in [0, 0.1) is 5.92 Å². The van der Waals surface area contributed by atoms with Crippen LogP contribution in [-0.4, -0.2) is 42.5 Å². The fraction of sp³-hybridized carbons (Fsp3) is 0.600. The van der Waals surface area contributed by atoms with E-state index in [1.165, 1.54) is 6.92 Å². The van der Waals surface area contributed by atoms with E-state index >= 15 is 0 Å². The molecule has 0 radical (unpaired) electrons. The molecule has 26 heavy (non-hydrogen) atoms. The van der Waals surface area contributed by atoms with Crippen LogP contribution in [0.2, 0.25) is 5.02 Å². The monoisotopic (exact) mass is 378 g/mol. The minimum absolute atomic E-state index is 0.118.